The van der Waals surface area contributed by atoms with Crippen molar-refractivity contribution in [2.45, 2.75) is 65.7 Å². The predicted molar refractivity (Wildman–Crippen MR) is 91.8 cm³/mol. The molecule has 0 atom stereocenters. The number of hydrogen-bond acceptors (Lipinski definition) is 3. The van der Waals surface area contributed by atoms with Gasteiger partial charge in [0, 0.05) is 0 Å². The van der Waals surface area contributed by atoms with Gasteiger partial charge in [-0.25, -0.2) is 4.72 Å². The molecule has 0 unspecified atom stereocenters. The lowest BCUT2D eigenvalue weighted by atomic mass is 9.89. The first-order chi connectivity index (χ1) is 10.8. The van der Waals surface area contributed by atoms with Crippen molar-refractivity contribution in [2.24, 2.45) is 0 Å². The van der Waals surface area contributed by atoms with Crippen LogP contribution in [0.3, 0.4) is 0 Å². The summed E-state index contributed by atoms with van der Waals surface area (Å²) in [5, 5.41) is 0. The highest BCUT2D eigenvalue weighted by Crippen LogP contribution is 2.23. The first-order valence-corrected chi connectivity index (χ1v) is 9.66. The van der Waals surface area contributed by atoms with Gasteiger partial charge in [0.1, 0.15) is 0 Å². The largest absolute Gasteiger partial charge is 0.359 e. The number of benzene rings is 1. The molecule has 0 saturated carbocycles. The molecule has 0 aromatic heterocycles. The van der Waals surface area contributed by atoms with Crippen LogP contribution < -0.4 is 4.72 Å². The zero-order valence-electron chi connectivity index (χ0n) is 14.2. The van der Waals surface area contributed by atoms with E-state index >= 15 is 0 Å². The fourth-order valence-electron chi connectivity index (χ4n) is 2.86. The smallest absolute Gasteiger partial charge is 0.274 e. The van der Waals surface area contributed by atoms with Crippen molar-refractivity contribution < 1.29 is 17.8 Å². The third-order valence-corrected chi connectivity index (χ3v) is 4.14. The lowest BCUT2D eigenvalue weighted by Gasteiger charge is -2.17. The van der Waals surface area contributed by atoms with E-state index in [0.717, 1.165) is 55.2 Å². The van der Waals surface area contributed by atoms with Gasteiger partial charge in [-0.1, -0.05) is 52.2 Å². The van der Waals surface area contributed by atoms with Crippen molar-refractivity contribution in [1.29, 1.82) is 0 Å². The third-order valence-electron chi connectivity index (χ3n) is 3.65. The molecule has 6 heteroatoms. The SMILES string of the molecule is CCCc1cc(CCC)c(CC(=O)NS(=O)(=O)O)c(CCC)c1. The Morgan fingerprint density at radius 1 is 1.00 bits per heavy atom. The van der Waals surface area contributed by atoms with Crippen molar-refractivity contribution in [1.82, 2.24) is 4.72 Å². The van der Waals surface area contributed by atoms with Gasteiger partial charge in [-0.2, -0.15) is 8.42 Å². The number of carbonyl (C=O) groups excluding carboxylic acids is 1. The van der Waals surface area contributed by atoms with E-state index < -0.39 is 16.2 Å². The van der Waals surface area contributed by atoms with E-state index in [0.29, 0.717) is 0 Å². The van der Waals surface area contributed by atoms with Crippen LogP contribution in [-0.4, -0.2) is 18.9 Å². The molecule has 0 bridgehead atoms. The van der Waals surface area contributed by atoms with E-state index in [9.17, 15) is 13.2 Å². The Labute approximate surface area is 139 Å². The van der Waals surface area contributed by atoms with Crippen LogP contribution in [-0.2, 0) is 40.8 Å². The molecule has 130 valence electrons. The second kappa shape index (κ2) is 9.03. The molecule has 0 spiro atoms. The van der Waals surface area contributed by atoms with Crippen molar-refractivity contribution in [3.8, 4) is 0 Å². The highest BCUT2D eigenvalue weighted by molar-refractivity contribution is 7.84. The van der Waals surface area contributed by atoms with E-state index in [-0.39, 0.29) is 6.42 Å². The lowest BCUT2D eigenvalue weighted by Crippen LogP contribution is -2.31. The number of rotatable bonds is 9. The van der Waals surface area contributed by atoms with Gasteiger partial charge in [-0.15, -0.1) is 0 Å². The summed E-state index contributed by atoms with van der Waals surface area (Å²) in [5.41, 5.74) is 4.37. The highest BCUT2D eigenvalue weighted by Gasteiger charge is 2.16. The maximum Gasteiger partial charge on any atom is 0.359 e. The average molecular weight is 341 g/mol. The molecule has 23 heavy (non-hydrogen) atoms. The number of hydrogen-bond donors (Lipinski definition) is 2. The van der Waals surface area contributed by atoms with Crippen LogP contribution in [0.2, 0.25) is 0 Å². The van der Waals surface area contributed by atoms with Crippen LogP contribution >= 0.6 is 0 Å². The Hall–Kier alpha value is -1.40. The number of nitrogens with one attached hydrogen (secondary N) is 1. The Bertz CT molecular complexity index is 611. The Balaban J connectivity index is 3.21. The molecule has 1 rings (SSSR count). The van der Waals surface area contributed by atoms with Crippen molar-refractivity contribution >= 4 is 16.2 Å². The highest BCUT2D eigenvalue weighted by atomic mass is 32.2. The molecule has 5 nitrogen and oxygen atoms in total. The normalized spacial score (nSPS) is 11.5. The average Bonchev–Trinajstić information content (AvgIpc) is 2.41. The minimum atomic E-state index is -4.51. The first-order valence-electron chi connectivity index (χ1n) is 8.22. The molecule has 1 amide bonds. The number of carbonyl (C=O) groups is 1. The Kier molecular flexibility index (Phi) is 7.72. The monoisotopic (exact) mass is 341 g/mol. The fraction of sp³-hybridized carbons (Fsp3) is 0.588. The molecule has 2 N–H and O–H groups in total. The molecule has 0 aliphatic carbocycles. The van der Waals surface area contributed by atoms with Gasteiger partial charge in [0.25, 0.3) is 0 Å². The van der Waals surface area contributed by atoms with E-state index in [1.807, 2.05) is 0 Å². The van der Waals surface area contributed by atoms with Crippen LogP contribution in [0.5, 0.6) is 0 Å². The summed E-state index contributed by atoms with van der Waals surface area (Å²) < 4.78 is 32.0. The van der Waals surface area contributed by atoms with E-state index in [2.05, 4.69) is 32.9 Å². The van der Waals surface area contributed by atoms with Gasteiger partial charge in [-0.3, -0.25) is 9.35 Å². The van der Waals surface area contributed by atoms with Crippen molar-refractivity contribution in [3.05, 3.63) is 34.4 Å². The molecule has 0 radical (unpaired) electrons. The second-order valence-electron chi connectivity index (χ2n) is 5.82. The van der Waals surface area contributed by atoms with Gasteiger partial charge >= 0.3 is 10.3 Å². The van der Waals surface area contributed by atoms with Crippen molar-refractivity contribution in [2.75, 3.05) is 0 Å². The summed E-state index contributed by atoms with van der Waals surface area (Å²) in [7, 11) is -4.51. The summed E-state index contributed by atoms with van der Waals surface area (Å²) in [5.74, 6) is -0.703. The summed E-state index contributed by atoms with van der Waals surface area (Å²) >= 11 is 0. The maximum absolute atomic E-state index is 11.9. The zero-order valence-corrected chi connectivity index (χ0v) is 15.0. The van der Waals surface area contributed by atoms with Gasteiger partial charge in [0.2, 0.25) is 5.91 Å². The minimum Gasteiger partial charge on any atom is -0.274 e. The quantitative estimate of drug-likeness (QED) is 0.676. The summed E-state index contributed by atoms with van der Waals surface area (Å²) in [6, 6.07) is 4.25. The Morgan fingerprint density at radius 2 is 1.48 bits per heavy atom. The van der Waals surface area contributed by atoms with Crippen LogP contribution in [0, 0.1) is 0 Å². The lowest BCUT2D eigenvalue weighted by molar-refractivity contribution is -0.118. The molecule has 1 aromatic rings. The predicted octanol–water partition coefficient (Wildman–Crippen LogP) is 3.01. The Morgan fingerprint density at radius 3 is 1.87 bits per heavy atom. The van der Waals surface area contributed by atoms with Gasteiger partial charge in [0.05, 0.1) is 6.42 Å². The van der Waals surface area contributed by atoms with Gasteiger partial charge < -0.3 is 0 Å². The van der Waals surface area contributed by atoms with Crippen LogP contribution in [0.4, 0.5) is 0 Å². The summed E-state index contributed by atoms with van der Waals surface area (Å²) in [6.45, 7) is 6.29. The standard InChI is InChI=1S/C17H27NO4S/c1-4-7-13-10-14(8-5-2)16(15(11-13)9-6-3)12-17(19)18-23(20,21)22/h10-11H,4-9,12H2,1-3H3,(H,18,19)(H,20,21,22). The third kappa shape index (κ3) is 6.71. The van der Waals surface area contributed by atoms with Crippen LogP contribution in [0.1, 0.15) is 62.3 Å². The molecule has 0 fully saturated rings. The zero-order chi connectivity index (χ0) is 17.5. The van der Waals surface area contributed by atoms with E-state index in [1.165, 1.54) is 5.56 Å². The molecule has 0 heterocycles. The topological polar surface area (TPSA) is 83.5 Å². The number of aryl methyl sites for hydroxylation is 3. The number of amides is 1. The van der Waals surface area contributed by atoms with Crippen LogP contribution in [0.15, 0.2) is 12.1 Å². The van der Waals surface area contributed by atoms with Crippen LogP contribution in [0.25, 0.3) is 0 Å². The van der Waals surface area contributed by atoms with Gasteiger partial charge in [-0.05, 0) is 41.5 Å². The minimum absolute atomic E-state index is 0.0309. The fourth-order valence-corrected chi connectivity index (χ4v) is 3.21. The second-order valence-corrected chi connectivity index (χ2v) is 6.97. The first kappa shape index (κ1) is 19.6. The van der Waals surface area contributed by atoms with Gasteiger partial charge in [0.15, 0.2) is 0 Å². The van der Waals surface area contributed by atoms with E-state index in [1.54, 1.807) is 4.72 Å². The van der Waals surface area contributed by atoms with E-state index in [4.69, 9.17) is 4.55 Å². The molecule has 0 aliphatic heterocycles. The maximum atomic E-state index is 11.9. The molecule has 0 aliphatic rings. The molecule has 0 saturated heterocycles. The summed E-state index contributed by atoms with van der Waals surface area (Å²) in [6.07, 6.45) is 5.62. The molecular formula is C17H27NO4S. The van der Waals surface area contributed by atoms with Crippen molar-refractivity contribution in [3.63, 3.8) is 0 Å². The summed E-state index contributed by atoms with van der Waals surface area (Å²) in [4.78, 5) is 11.9. The molecule has 1 aromatic carbocycles. The molecular weight excluding hydrogens is 314 g/mol.